The summed E-state index contributed by atoms with van der Waals surface area (Å²) in [6.07, 6.45) is 1.50. The summed E-state index contributed by atoms with van der Waals surface area (Å²) < 4.78 is 10.4. The fraction of sp³-hybridized carbons (Fsp3) is 0. The first-order chi connectivity index (χ1) is 19.3. The van der Waals surface area contributed by atoms with Crippen LogP contribution < -0.4 is 0 Å². The first kappa shape index (κ1) is 20.7. The van der Waals surface area contributed by atoms with Crippen molar-refractivity contribution in [2.75, 3.05) is 0 Å². The second-order valence-electron chi connectivity index (χ2n) is 10.1. The van der Waals surface area contributed by atoms with Crippen LogP contribution in [0.25, 0.3) is 76.9 Å². The summed E-state index contributed by atoms with van der Waals surface area (Å²) in [6, 6.07) is 43.5. The van der Waals surface area contributed by atoms with Crippen molar-refractivity contribution in [3.8, 4) is 11.4 Å². The van der Waals surface area contributed by atoms with Gasteiger partial charge in [-0.05, 0) is 53.9 Å². The number of rotatable bonds is 2. The molecule has 0 unspecified atom stereocenters. The molecule has 0 spiro atoms. The van der Waals surface area contributed by atoms with Crippen molar-refractivity contribution >= 4 is 65.5 Å². The Hall–Kier alpha value is -5.35. The quantitative estimate of drug-likeness (QED) is 0.238. The zero-order chi connectivity index (χ0) is 25.5. The maximum Gasteiger partial charge on any atom is 0.181 e. The summed E-state index contributed by atoms with van der Waals surface area (Å²) in [5.74, 6) is 0. The highest BCUT2D eigenvalue weighted by Gasteiger charge is 2.18. The summed E-state index contributed by atoms with van der Waals surface area (Å²) >= 11 is 0. The summed E-state index contributed by atoms with van der Waals surface area (Å²) in [6.45, 7) is 0. The minimum atomic E-state index is 0.785. The summed E-state index contributed by atoms with van der Waals surface area (Å²) in [7, 11) is 0. The van der Waals surface area contributed by atoms with Gasteiger partial charge in [0.25, 0.3) is 0 Å². The monoisotopic (exact) mass is 499 g/mol. The number of hydrogen-bond donors (Lipinski definition) is 0. The Morgan fingerprint density at radius 3 is 2.08 bits per heavy atom. The molecular weight excluding hydrogens is 478 g/mol. The number of oxazole rings is 1. The van der Waals surface area contributed by atoms with Crippen LogP contribution in [0.5, 0.6) is 0 Å². The molecule has 0 aliphatic carbocycles. The molecule has 0 fully saturated rings. The molecule has 0 aliphatic heterocycles. The Balaban J connectivity index is 1.46. The van der Waals surface area contributed by atoms with Gasteiger partial charge in [-0.15, -0.1) is 0 Å². The molecule has 0 N–H and O–H groups in total. The molecule has 6 aromatic carbocycles. The number of fused-ring (bicyclic) bond motifs is 9. The summed E-state index contributed by atoms with van der Waals surface area (Å²) in [4.78, 5) is 4.31. The number of benzene rings is 6. The van der Waals surface area contributed by atoms with E-state index in [-0.39, 0.29) is 0 Å². The molecule has 0 saturated heterocycles. The molecule has 4 heteroatoms. The predicted octanol–water partition coefficient (Wildman–Crippen LogP) is 9.18. The molecule has 4 nitrogen and oxygen atoms in total. The van der Waals surface area contributed by atoms with E-state index in [1.54, 1.807) is 0 Å². The first-order valence-corrected chi connectivity index (χ1v) is 13.1. The Kier molecular flexibility index (Phi) is 4.02. The lowest BCUT2D eigenvalue weighted by Gasteiger charge is -2.11. The van der Waals surface area contributed by atoms with Crippen LogP contribution >= 0.6 is 0 Å². The van der Waals surface area contributed by atoms with Gasteiger partial charge in [0.2, 0.25) is 0 Å². The zero-order valence-corrected chi connectivity index (χ0v) is 20.9. The lowest BCUT2D eigenvalue weighted by atomic mass is 10.0. The molecule has 0 amide bonds. The van der Waals surface area contributed by atoms with Crippen LogP contribution in [0, 0.1) is 0 Å². The van der Waals surface area contributed by atoms with Crippen molar-refractivity contribution < 1.29 is 4.42 Å². The minimum absolute atomic E-state index is 0.785. The molecule has 0 aliphatic rings. The van der Waals surface area contributed by atoms with Crippen molar-refractivity contribution in [1.82, 2.24) is 14.1 Å². The molecule has 3 heterocycles. The number of nitrogens with zero attached hydrogens (tertiary/aromatic N) is 3. The van der Waals surface area contributed by atoms with E-state index in [4.69, 9.17) is 4.42 Å². The van der Waals surface area contributed by atoms with Crippen LogP contribution in [0.1, 0.15) is 0 Å². The highest BCUT2D eigenvalue weighted by Crippen LogP contribution is 2.40. The smallest absolute Gasteiger partial charge is 0.181 e. The van der Waals surface area contributed by atoms with E-state index in [0.29, 0.717) is 0 Å². The zero-order valence-electron chi connectivity index (χ0n) is 20.9. The topological polar surface area (TPSA) is 35.9 Å². The molecule has 0 atom stereocenters. The second kappa shape index (κ2) is 7.59. The van der Waals surface area contributed by atoms with Crippen LogP contribution in [0.15, 0.2) is 132 Å². The van der Waals surface area contributed by atoms with Gasteiger partial charge < -0.3 is 13.6 Å². The van der Waals surface area contributed by atoms with Gasteiger partial charge in [0.1, 0.15) is 5.52 Å². The van der Waals surface area contributed by atoms with Gasteiger partial charge in [0, 0.05) is 38.7 Å². The molecule has 39 heavy (non-hydrogen) atoms. The third kappa shape index (κ3) is 2.80. The summed E-state index contributed by atoms with van der Waals surface area (Å²) in [5.41, 5.74) is 8.67. The number of aromatic nitrogens is 3. The lowest BCUT2D eigenvalue weighted by Crippen LogP contribution is -1.95. The molecule has 9 aromatic rings. The SMILES string of the molecule is c1ccc(-n2c3ccccc3c3ccc4cc5c(cc4c32)c2ccccc2n5-c2ccc3ncoc3c2)cc1. The molecular formula is C35H21N3O. The Bertz CT molecular complexity index is 2390. The highest BCUT2D eigenvalue weighted by molar-refractivity contribution is 6.22. The Morgan fingerprint density at radius 2 is 1.23 bits per heavy atom. The average Bonchev–Trinajstić information content (AvgIpc) is 3.68. The largest absolute Gasteiger partial charge is 0.443 e. The number of para-hydroxylation sites is 3. The van der Waals surface area contributed by atoms with Crippen molar-refractivity contribution in [2.45, 2.75) is 0 Å². The van der Waals surface area contributed by atoms with Gasteiger partial charge in [0.05, 0.1) is 27.8 Å². The van der Waals surface area contributed by atoms with Gasteiger partial charge in [-0.1, -0.05) is 66.7 Å². The maximum absolute atomic E-state index is 5.66. The fourth-order valence-corrected chi connectivity index (χ4v) is 6.35. The van der Waals surface area contributed by atoms with Crippen molar-refractivity contribution in [3.05, 3.63) is 128 Å². The molecule has 0 saturated carbocycles. The summed E-state index contributed by atoms with van der Waals surface area (Å²) in [5, 5.41) is 7.44. The van der Waals surface area contributed by atoms with Crippen LogP contribution in [0.2, 0.25) is 0 Å². The van der Waals surface area contributed by atoms with E-state index in [1.807, 2.05) is 6.07 Å². The van der Waals surface area contributed by atoms with E-state index in [9.17, 15) is 0 Å². The van der Waals surface area contributed by atoms with E-state index < -0.39 is 0 Å². The molecule has 0 bridgehead atoms. The van der Waals surface area contributed by atoms with Gasteiger partial charge >= 0.3 is 0 Å². The Morgan fingerprint density at radius 1 is 0.487 bits per heavy atom. The number of hydrogen-bond acceptors (Lipinski definition) is 2. The van der Waals surface area contributed by atoms with E-state index in [2.05, 4.69) is 129 Å². The third-order valence-electron chi connectivity index (χ3n) is 8.03. The minimum Gasteiger partial charge on any atom is -0.443 e. The van der Waals surface area contributed by atoms with Crippen molar-refractivity contribution in [2.24, 2.45) is 0 Å². The highest BCUT2D eigenvalue weighted by atomic mass is 16.3. The van der Waals surface area contributed by atoms with Crippen molar-refractivity contribution in [3.63, 3.8) is 0 Å². The maximum atomic E-state index is 5.66. The molecule has 3 aromatic heterocycles. The van der Waals surface area contributed by atoms with E-state index in [1.165, 1.54) is 66.5 Å². The van der Waals surface area contributed by atoms with Crippen LogP contribution in [0.4, 0.5) is 0 Å². The Labute approximate surface area is 222 Å². The lowest BCUT2D eigenvalue weighted by molar-refractivity contribution is 0.602. The fourth-order valence-electron chi connectivity index (χ4n) is 6.35. The van der Waals surface area contributed by atoms with Gasteiger partial charge in [-0.2, -0.15) is 0 Å². The average molecular weight is 500 g/mol. The van der Waals surface area contributed by atoms with Crippen LogP contribution in [-0.4, -0.2) is 14.1 Å². The van der Waals surface area contributed by atoms with Gasteiger partial charge in [-0.25, -0.2) is 4.98 Å². The first-order valence-electron chi connectivity index (χ1n) is 13.1. The molecule has 9 rings (SSSR count). The molecule has 0 radical (unpaired) electrons. The van der Waals surface area contributed by atoms with E-state index in [0.717, 1.165) is 16.8 Å². The second-order valence-corrected chi connectivity index (χ2v) is 10.1. The van der Waals surface area contributed by atoms with Crippen LogP contribution in [0.3, 0.4) is 0 Å². The van der Waals surface area contributed by atoms with Gasteiger partial charge in [-0.3, -0.25) is 0 Å². The van der Waals surface area contributed by atoms with E-state index >= 15 is 0 Å². The van der Waals surface area contributed by atoms with Crippen LogP contribution in [-0.2, 0) is 0 Å². The standard InChI is InChI=1S/C35H21N3O/c1-2-8-23(9-3-1)38-32-13-7-4-10-25(32)27-16-14-22-18-33-29(20-28(22)35(27)38)26-11-5-6-12-31(26)37(33)24-15-17-30-34(19-24)39-21-36-30/h1-21H. The predicted molar refractivity (Wildman–Crippen MR) is 160 cm³/mol. The third-order valence-corrected chi connectivity index (χ3v) is 8.03. The van der Waals surface area contributed by atoms with Gasteiger partial charge in [0.15, 0.2) is 12.0 Å². The van der Waals surface area contributed by atoms with Crippen molar-refractivity contribution in [1.29, 1.82) is 0 Å². The normalized spacial score (nSPS) is 12.1. The molecule has 182 valence electrons.